The zero-order valence-electron chi connectivity index (χ0n) is 16.5. The number of allylic oxidation sites excluding steroid dienone is 12. The van der Waals surface area contributed by atoms with Crippen LogP contribution in [-0.2, 0) is 17.1 Å². The fourth-order valence-electron chi connectivity index (χ4n) is 2.51. The molecule has 0 aromatic heterocycles. The van der Waals surface area contributed by atoms with Gasteiger partial charge in [-0.3, -0.25) is 0 Å². The van der Waals surface area contributed by atoms with E-state index in [1.807, 2.05) is 85.0 Å². The second kappa shape index (κ2) is 11.4. The molecule has 3 rings (SSSR count). The van der Waals surface area contributed by atoms with Gasteiger partial charge in [0.25, 0.3) is 0 Å². The molecule has 0 spiro atoms. The maximum atomic E-state index is 11.6. The summed E-state index contributed by atoms with van der Waals surface area (Å²) in [7, 11) is 0. The van der Waals surface area contributed by atoms with Crippen molar-refractivity contribution in [3.8, 4) is 0 Å². The molecule has 28 heavy (non-hydrogen) atoms. The Morgan fingerprint density at radius 3 is 1.82 bits per heavy atom. The first kappa shape index (κ1) is 23.6. The van der Waals surface area contributed by atoms with Gasteiger partial charge < -0.3 is 10.2 Å². The summed E-state index contributed by atoms with van der Waals surface area (Å²) in [5, 5.41) is 23.1. The molecule has 0 amide bonds. The molecule has 0 unspecified atom stereocenters. The molecule has 0 N–H and O–H groups in total. The van der Waals surface area contributed by atoms with E-state index in [1.54, 1.807) is 6.08 Å². The fraction of sp³-hybridized carbons (Fsp3) is 0.200. The Morgan fingerprint density at radius 2 is 1.32 bits per heavy atom. The van der Waals surface area contributed by atoms with Crippen molar-refractivity contribution in [2.75, 3.05) is 0 Å². The van der Waals surface area contributed by atoms with Crippen molar-refractivity contribution >= 4 is 6.08 Å². The first-order chi connectivity index (χ1) is 12.8. The van der Waals surface area contributed by atoms with E-state index in [0.717, 1.165) is 16.7 Å². The van der Waals surface area contributed by atoms with Crippen molar-refractivity contribution in [2.45, 2.75) is 27.2 Å². The molecule has 1 aromatic carbocycles. The molecule has 2 nitrogen and oxygen atoms in total. The van der Waals surface area contributed by atoms with Gasteiger partial charge in [0.15, 0.2) is 0 Å². The number of hydrogen-bond donors (Lipinski definition) is 0. The zero-order valence-corrected chi connectivity index (χ0v) is 17.6. The first-order valence-corrected chi connectivity index (χ1v) is 9.09. The Bertz CT molecular complexity index is 814. The van der Waals surface area contributed by atoms with Gasteiger partial charge in [0.1, 0.15) is 0 Å². The monoisotopic (exact) mass is 414 g/mol. The van der Waals surface area contributed by atoms with Gasteiger partial charge in [-0.15, -0.1) is 11.5 Å². The molecule has 0 heterocycles. The van der Waals surface area contributed by atoms with Gasteiger partial charge in [-0.1, -0.05) is 112 Å². The van der Waals surface area contributed by atoms with Crippen LogP contribution in [0.25, 0.3) is 6.08 Å². The Kier molecular flexibility index (Phi) is 9.58. The largest absolute Gasteiger partial charge is 2.00 e. The molecular weight excluding hydrogens is 388 g/mol. The Hall–Kier alpha value is -2.48. The summed E-state index contributed by atoms with van der Waals surface area (Å²) >= 11 is 0. The summed E-state index contributed by atoms with van der Waals surface area (Å²) < 4.78 is 0. The third-order valence-corrected chi connectivity index (χ3v) is 3.85. The van der Waals surface area contributed by atoms with Gasteiger partial charge in [-0.25, -0.2) is 0 Å². The normalized spacial score (nSPS) is 14.2. The third kappa shape index (κ3) is 8.47. The van der Waals surface area contributed by atoms with E-state index < -0.39 is 0 Å². The maximum absolute atomic E-state index is 11.6. The van der Waals surface area contributed by atoms with Crippen molar-refractivity contribution in [3.05, 3.63) is 113 Å². The molecule has 0 saturated carbocycles. The molecule has 0 radical (unpaired) electrons. The van der Waals surface area contributed by atoms with E-state index in [4.69, 9.17) is 0 Å². The molecule has 2 aliphatic rings. The van der Waals surface area contributed by atoms with Crippen LogP contribution in [0, 0.1) is 5.41 Å². The summed E-state index contributed by atoms with van der Waals surface area (Å²) in [6.45, 7) is 6.23. The van der Waals surface area contributed by atoms with Gasteiger partial charge in [0.2, 0.25) is 0 Å². The number of benzene rings is 1. The van der Waals surface area contributed by atoms with E-state index in [2.05, 4.69) is 20.8 Å². The first-order valence-electron chi connectivity index (χ1n) is 9.09. The van der Waals surface area contributed by atoms with E-state index in [0.29, 0.717) is 6.42 Å². The second-order valence-electron chi connectivity index (χ2n) is 7.62. The predicted molar refractivity (Wildman–Crippen MR) is 110 cm³/mol. The quantitative estimate of drug-likeness (QED) is 0.536. The molecule has 0 fully saturated rings. The number of rotatable bonds is 3. The summed E-state index contributed by atoms with van der Waals surface area (Å²) in [5.74, 6) is 0.288. The zero-order chi connectivity index (χ0) is 19.7. The van der Waals surface area contributed by atoms with Crippen LogP contribution in [0.2, 0.25) is 0 Å². The van der Waals surface area contributed by atoms with Crippen LogP contribution in [-0.4, -0.2) is 0 Å². The van der Waals surface area contributed by atoms with E-state index in [1.165, 1.54) is 0 Å². The van der Waals surface area contributed by atoms with Crippen LogP contribution in [0.15, 0.2) is 108 Å². The van der Waals surface area contributed by atoms with Gasteiger partial charge in [0, 0.05) is 0 Å². The van der Waals surface area contributed by atoms with Crippen LogP contribution < -0.4 is 10.2 Å². The predicted octanol–water partition coefficient (Wildman–Crippen LogP) is 4.60. The Balaban J connectivity index is 0.000000277. The molecule has 0 aliphatic heterocycles. The van der Waals surface area contributed by atoms with E-state index in [-0.39, 0.29) is 34.0 Å². The van der Waals surface area contributed by atoms with Gasteiger partial charge >= 0.3 is 17.1 Å². The Labute approximate surface area is 179 Å². The molecule has 2 aliphatic carbocycles. The summed E-state index contributed by atoms with van der Waals surface area (Å²) in [5.41, 5.74) is 2.71. The van der Waals surface area contributed by atoms with Crippen LogP contribution in [0.1, 0.15) is 32.8 Å². The smallest absolute Gasteiger partial charge is 0.875 e. The second-order valence-corrected chi connectivity index (χ2v) is 7.62. The maximum Gasteiger partial charge on any atom is 2.00 e. The summed E-state index contributed by atoms with van der Waals surface area (Å²) in [6, 6.07) is 9.79. The van der Waals surface area contributed by atoms with Gasteiger partial charge in [-0.05, 0) is 28.5 Å². The number of hydrogen-bond acceptors (Lipinski definition) is 2. The minimum Gasteiger partial charge on any atom is -0.875 e. The van der Waals surface area contributed by atoms with Crippen molar-refractivity contribution in [1.82, 2.24) is 0 Å². The van der Waals surface area contributed by atoms with E-state index >= 15 is 0 Å². The van der Waals surface area contributed by atoms with Crippen molar-refractivity contribution < 1.29 is 27.3 Å². The molecule has 0 saturated heterocycles. The molecule has 0 bridgehead atoms. The molecular formula is C25H26FeO2. The average molecular weight is 414 g/mol. The molecule has 3 heteroatoms. The minimum atomic E-state index is 0. The standard InChI is InChI=1S/C14H12O.C11H16O.Fe/c15-14(13-8-4-5-9-13)11-10-12-6-2-1-3-7-12;1-11(2,3)8-10(12)9-6-4-5-7-9;/h1-11,15H;4-7,12H,8H2,1-3H3;/q;;+2/p-2. The van der Waals surface area contributed by atoms with Crippen LogP contribution >= 0.6 is 0 Å². The summed E-state index contributed by atoms with van der Waals surface area (Å²) in [6.07, 6.45) is 19.0. The molecule has 0 atom stereocenters. The molecule has 1 aromatic rings. The van der Waals surface area contributed by atoms with Gasteiger partial charge in [0.05, 0.1) is 0 Å². The average Bonchev–Trinajstić information content (AvgIpc) is 3.33. The SMILES string of the molecule is CC(C)(C)CC([O-])=C1C=CC=C1.[Fe+2].[O-]C(C=Cc1ccccc1)=C1C=CC=C1. The van der Waals surface area contributed by atoms with Crippen LogP contribution in [0.5, 0.6) is 0 Å². The van der Waals surface area contributed by atoms with E-state index in [9.17, 15) is 10.2 Å². The molecule has 146 valence electrons. The minimum absolute atomic E-state index is 0. The van der Waals surface area contributed by atoms with Crippen molar-refractivity contribution in [1.29, 1.82) is 0 Å². The van der Waals surface area contributed by atoms with Gasteiger partial charge in [-0.2, -0.15) is 0 Å². The van der Waals surface area contributed by atoms with Crippen molar-refractivity contribution in [3.63, 3.8) is 0 Å². The van der Waals surface area contributed by atoms with Crippen LogP contribution in [0.3, 0.4) is 0 Å². The third-order valence-electron chi connectivity index (χ3n) is 3.85. The summed E-state index contributed by atoms with van der Waals surface area (Å²) in [4.78, 5) is 0. The van der Waals surface area contributed by atoms with Crippen LogP contribution in [0.4, 0.5) is 0 Å². The fourth-order valence-corrected chi connectivity index (χ4v) is 2.51. The topological polar surface area (TPSA) is 46.1 Å². The van der Waals surface area contributed by atoms with Crippen molar-refractivity contribution in [2.24, 2.45) is 5.41 Å². The Morgan fingerprint density at radius 1 is 0.821 bits per heavy atom.